The third kappa shape index (κ3) is 4.26. The fraction of sp³-hybridized carbons (Fsp3) is 0.150. The van der Waals surface area contributed by atoms with Gasteiger partial charge in [-0.3, -0.25) is 4.79 Å². The van der Waals surface area contributed by atoms with E-state index in [1.807, 2.05) is 43.3 Å². The van der Waals surface area contributed by atoms with Gasteiger partial charge in [-0.25, -0.2) is 0 Å². The molecule has 0 saturated heterocycles. The molecule has 0 saturated carbocycles. The van der Waals surface area contributed by atoms with Gasteiger partial charge in [-0.05, 0) is 37.3 Å². The number of rotatable bonds is 6. The molecule has 132 valence electrons. The molecule has 1 amide bonds. The minimum atomic E-state index is -0.118. The lowest BCUT2D eigenvalue weighted by molar-refractivity contribution is 0.0745. The van der Waals surface area contributed by atoms with E-state index in [-0.39, 0.29) is 12.5 Å². The predicted octanol–water partition coefficient (Wildman–Crippen LogP) is 4.64. The molecule has 0 N–H and O–H groups in total. The molecular formula is C20H18BrN3O2. The number of carbonyl (C=O) groups is 1. The van der Waals surface area contributed by atoms with E-state index in [1.165, 1.54) is 0 Å². The summed E-state index contributed by atoms with van der Waals surface area (Å²) < 4.78 is 6.26. The quantitative estimate of drug-likeness (QED) is 0.554. The molecule has 26 heavy (non-hydrogen) atoms. The fourth-order valence-electron chi connectivity index (χ4n) is 2.53. The molecule has 1 heterocycles. The van der Waals surface area contributed by atoms with Gasteiger partial charge < -0.3 is 9.42 Å². The maximum atomic E-state index is 12.7. The molecule has 0 aliphatic carbocycles. The van der Waals surface area contributed by atoms with Crippen LogP contribution in [0.4, 0.5) is 0 Å². The summed E-state index contributed by atoms with van der Waals surface area (Å²) in [5.74, 6) is 0.778. The molecule has 3 aromatic rings. The van der Waals surface area contributed by atoms with Gasteiger partial charge in [-0.1, -0.05) is 50.9 Å². The molecule has 0 atom stereocenters. The van der Waals surface area contributed by atoms with Gasteiger partial charge in [0.15, 0.2) is 0 Å². The van der Waals surface area contributed by atoms with Gasteiger partial charge in [0.1, 0.15) is 6.54 Å². The number of hydrogen-bond donors (Lipinski definition) is 0. The minimum absolute atomic E-state index is 0.118. The van der Waals surface area contributed by atoms with Gasteiger partial charge in [-0.15, -0.1) is 6.58 Å². The first kappa shape index (κ1) is 18.1. The van der Waals surface area contributed by atoms with Crippen molar-refractivity contribution < 1.29 is 9.32 Å². The second-order valence-corrected chi connectivity index (χ2v) is 6.78. The van der Waals surface area contributed by atoms with Crippen molar-refractivity contribution in [2.24, 2.45) is 0 Å². The summed E-state index contributed by atoms with van der Waals surface area (Å²) in [6, 6.07) is 15.1. The number of aromatic nitrogens is 2. The summed E-state index contributed by atoms with van der Waals surface area (Å²) >= 11 is 3.37. The molecule has 0 bridgehead atoms. The first-order valence-electron chi connectivity index (χ1n) is 8.12. The van der Waals surface area contributed by atoms with E-state index >= 15 is 0 Å². The third-order valence-electron chi connectivity index (χ3n) is 3.80. The lowest BCUT2D eigenvalue weighted by Crippen LogP contribution is -2.30. The first-order chi connectivity index (χ1) is 12.6. The summed E-state index contributed by atoms with van der Waals surface area (Å²) in [4.78, 5) is 18.8. The van der Waals surface area contributed by atoms with Gasteiger partial charge in [0.25, 0.3) is 5.91 Å². The van der Waals surface area contributed by atoms with Crippen molar-refractivity contribution in [1.29, 1.82) is 0 Å². The monoisotopic (exact) mass is 411 g/mol. The van der Waals surface area contributed by atoms with Gasteiger partial charge >= 0.3 is 0 Å². The van der Waals surface area contributed by atoms with Crippen molar-refractivity contribution in [3.63, 3.8) is 0 Å². The zero-order valence-electron chi connectivity index (χ0n) is 14.4. The van der Waals surface area contributed by atoms with Crippen LogP contribution >= 0.6 is 15.9 Å². The topological polar surface area (TPSA) is 59.2 Å². The maximum absolute atomic E-state index is 12.7. The Labute approximate surface area is 160 Å². The third-order valence-corrected chi connectivity index (χ3v) is 4.33. The minimum Gasteiger partial charge on any atom is -0.337 e. The summed E-state index contributed by atoms with van der Waals surface area (Å²) in [6.45, 7) is 6.34. The Morgan fingerprint density at radius 1 is 1.27 bits per heavy atom. The number of amides is 1. The maximum Gasteiger partial charge on any atom is 0.254 e. The molecule has 0 unspecified atom stereocenters. The van der Waals surface area contributed by atoms with Crippen molar-refractivity contribution in [2.75, 3.05) is 6.54 Å². The normalized spacial score (nSPS) is 10.5. The van der Waals surface area contributed by atoms with E-state index in [0.717, 1.165) is 15.6 Å². The first-order valence-corrected chi connectivity index (χ1v) is 8.91. The zero-order chi connectivity index (χ0) is 18.5. The van der Waals surface area contributed by atoms with Crippen molar-refractivity contribution >= 4 is 21.8 Å². The zero-order valence-corrected chi connectivity index (χ0v) is 15.9. The van der Waals surface area contributed by atoms with Crippen LogP contribution in [-0.4, -0.2) is 27.5 Å². The Kier molecular flexibility index (Phi) is 5.63. The number of nitrogens with zero attached hydrogens (tertiary/aromatic N) is 3. The average molecular weight is 412 g/mol. The second kappa shape index (κ2) is 8.10. The molecule has 0 spiro atoms. The number of halogens is 1. The number of benzene rings is 2. The highest BCUT2D eigenvalue weighted by atomic mass is 79.9. The van der Waals surface area contributed by atoms with Crippen molar-refractivity contribution in [3.05, 3.63) is 82.7 Å². The highest BCUT2D eigenvalue weighted by Gasteiger charge is 2.18. The Hall–Kier alpha value is -2.73. The van der Waals surface area contributed by atoms with Crippen molar-refractivity contribution in [3.8, 4) is 11.4 Å². The summed E-state index contributed by atoms with van der Waals surface area (Å²) in [5.41, 5.74) is 2.59. The van der Waals surface area contributed by atoms with E-state index in [2.05, 4.69) is 32.6 Å². The van der Waals surface area contributed by atoms with Gasteiger partial charge in [-0.2, -0.15) is 4.98 Å². The Morgan fingerprint density at radius 3 is 2.73 bits per heavy atom. The van der Waals surface area contributed by atoms with Crippen LogP contribution in [0.1, 0.15) is 21.8 Å². The van der Waals surface area contributed by atoms with Crippen molar-refractivity contribution in [1.82, 2.24) is 15.0 Å². The van der Waals surface area contributed by atoms with E-state index < -0.39 is 0 Å². The van der Waals surface area contributed by atoms with E-state index in [4.69, 9.17) is 4.52 Å². The van der Waals surface area contributed by atoms with Crippen LogP contribution in [0.15, 0.2) is 70.2 Å². The van der Waals surface area contributed by atoms with Crippen LogP contribution in [0.2, 0.25) is 0 Å². The van der Waals surface area contributed by atoms with E-state index in [1.54, 1.807) is 23.1 Å². The molecule has 0 fully saturated rings. The average Bonchev–Trinajstić information content (AvgIpc) is 3.10. The largest absolute Gasteiger partial charge is 0.337 e. The number of carbonyl (C=O) groups excluding carboxylic acids is 1. The van der Waals surface area contributed by atoms with E-state index in [0.29, 0.717) is 23.8 Å². The summed E-state index contributed by atoms with van der Waals surface area (Å²) in [6.07, 6.45) is 1.68. The lowest BCUT2D eigenvalue weighted by atomic mass is 10.1. The van der Waals surface area contributed by atoms with Gasteiger partial charge in [0, 0.05) is 22.1 Å². The molecule has 6 heteroatoms. The summed E-state index contributed by atoms with van der Waals surface area (Å²) in [5, 5.41) is 4.03. The van der Waals surface area contributed by atoms with Crippen LogP contribution in [0.25, 0.3) is 11.4 Å². The van der Waals surface area contributed by atoms with Crippen molar-refractivity contribution in [2.45, 2.75) is 13.5 Å². The lowest BCUT2D eigenvalue weighted by Gasteiger charge is -2.19. The Balaban J connectivity index is 1.79. The predicted molar refractivity (Wildman–Crippen MR) is 104 cm³/mol. The highest BCUT2D eigenvalue weighted by molar-refractivity contribution is 9.10. The molecular weight excluding hydrogens is 394 g/mol. The van der Waals surface area contributed by atoms with Gasteiger partial charge in [0.05, 0.1) is 0 Å². The Morgan fingerprint density at radius 2 is 2.04 bits per heavy atom. The molecule has 0 aliphatic rings. The van der Waals surface area contributed by atoms with Crippen LogP contribution in [0.3, 0.4) is 0 Å². The van der Waals surface area contributed by atoms with Crippen LogP contribution in [0.5, 0.6) is 0 Å². The smallest absolute Gasteiger partial charge is 0.254 e. The molecule has 0 radical (unpaired) electrons. The van der Waals surface area contributed by atoms with Crippen LogP contribution < -0.4 is 0 Å². The molecule has 3 rings (SSSR count). The fourth-order valence-corrected chi connectivity index (χ4v) is 2.80. The van der Waals surface area contributed by atoms with Crippen LogP contribution in [-0.2, 0) is 6.54 Å². The SMILES string of the molecule is C=CCN(Cc1nc(-c2cccc(C)c2)no1)C(=O)c1ccc(Br)cc1. The standard InChI is InChI=1S/C20H18BrN3O2/c1-3-11-24(20(25)15-7-9-17(21)10-8-15)13-18-22-19(23-26-18)16-6-4-5-14(2)12-16/h3-10,12H,1,11,13H2,2H3. The molecule has 1 aromatic heterocycles. The number of aryl methyl sites for hydroxylation is 1. The molecule has 5 nitrogen and oxygen atoms in total. The molecule has 2 aromatic carbocycles. The van der Waals surface area contributed by atoms with Gasteiger partial charge in [0.2, 0.25) is 11.7 Å². The second-order valence-electron chi connectivity index (χ2n) is 5.86. The Bertz CT molecular complexity index is 919. The highest BCUT2D eigenvalue weighted by Crippen LogP contribution is 2.18. The summed E-state index contributed by atoms with van der Waals surface area (Å²) in [7, 11) is 0. The van der Waals surface area contributed by atoms with E-state index in [9.17, 15) is 4.79 Å². The molecule has 0 aliphatic heterocycles. The van der Waals surface area contributed by atoms with Crippen LogP contribution in [0, 0.1) is 6.92 Å². The number of hydrogen-bond acceptors (Lipinski definition) is 4.